The Hall–Kier alpha value is -3.21. The molecule has 9 nitrogen and oxygen atoms in total. The lowest BCUT2D eigenvalue weighted by molar-refractivity contribution is -0.138. The number of likely N-dealkylation sites (N-methyl/N-ethyl adjacent to an activating group) is 1. The Bertz CT molecular complexity index is 1370. The number of pyridine rings is 1. The van der Waals surface area contributed by atoms with Crippen molar-refractivity contribution in [2.45, 2.75) is 38.3 Å². The Morgan fingerprint density at radius 2 is 1.95 bits per heavy atom. The number of benzene rings is 1. The maximum atomic E-state index is 13.3. The van der Waals surface area contributed by atoms with Crippen LogP contribution in [0.15, 0.2) is 53.8 Å². The number of rotatable bonds is 9. The molecule has 0 N–H and O–H groups in total. The summed E-state index contributed by atoms with van der Waals surface area (Å²) < 4.78 is 41.1. The third-order valence-corrected chi connectivity index (χ3v) is 9.15. The van der Waals surface area contributed by atoms with Crippen molar-refractivity contribution in [2.24, 2.45) is 0 Å². The molecule has 1 amide bonds. The number of aromatic nitrogens is 2. The molecule has 0 bridgehead atoms. The van der Waals surface area contributed by atoms with Crippen LogP contribution in [0.1, 0.15) is 34.0 Å². The lowest BCUT2D eigenvalue weighted by Crippen LogP contribution is -2.44. The van der Waals surface area contributed by atoms with Gasteiger partial charge in [0.05, 0.1) is 24.7 Å². The van der Waals surface area contributed by atoms with Crippen molar-refractivity contribution < 1.29 is 22.7 Å². The van der Waals surface area contributed by atoms with Crippen molar-refractivity contribution in [3.63, 3.8) is 0 Å². The van der Waals surface area contributed by atoms with Crippen molar-refractivity contribution in [3.05, 3.63) is 76.9 Å². The van der Waals surface area contributed by atoms with Gasteiger partial charge in [-0.15, -0.1) is 0 Å². The molecule has 1 aliphatic heterocycles. The second kappa shape index (κ2) is 11.0. The predicted octanol–water partition coefficient (Wildman–Crippen LogP) is 3.09. The van der Waals surface area contributed by atoms with Crippen molar-refractivity contribution in [1.82, 2.24) is 18.8 Å². The topological polar surface area (TPSA) is 94.0 Å². The van der Waals surface area contributed by atoms with E-state index >= 15 is 0 Å². The van der Waals surface area contributed by atoms with Crippen LogP contribution < -0.4 is 4.74 Å². The summed E-state index contributed by atoms with van der Waals surface area (Å²) in [5, 5.41) is 0. The molecular formula is C27H34N4O5S. The molecule has 0 fully saturated rings. The van der Waals surface area contributed by atoms with Crippen LogP contribution in [0.2, 0.25) is 0 Å². The molecule has 3 aromatic rings. The number of sulfonamides is 1. The van der Waals surface area contributed by atoms with E-state index in [1.54, 1.807) is 44.3 Å². The fraction of sp³-hybridized carbons (Fsp3) is 0.407. The Labute approximate surface area is 218 Å². The van der Waals surface area contributed by atoms with Gasteiger partial charge in [0, 0.05) is 51.0 Å². The van der Waals surface area contributed by atoms with Crippen LogP contribution >= 0.6 is 0 Å². The number of carbonyl (C=O) groups excluding carboxylic acids is 1. The van der Waals surface area contributed by atoms with Crippen LogP contribution in [0.3, 0.4) is 0 Å². The summed E-state index contributed by atoms with van der Waals surface area (Å²) in [5.74, 6) is 0.511. The van der Waals surface area contributed by atoms with Gasteiger partial charge in [-0.05, 0) is 67.3 Å². The smallest absolute Gasteiger partial charge is 0.249 e. The summed E-state index contributed by atoms with van der Waals surface area (Å²) in [6.07, 6.45) is 5.50. The second-order valence-corrected chi connectivity index (χ2v) is 11.2. The Balaban J connectivity index is 1.40. The molecule has 0 spiro atoms. The Morgan fingerprint density at radius 1 is 1.16 bits per heavy atom. The highest BCUT2D eigenvalue weighted by atomic mass is 32.2. The summed E-state index contributed by atoms with van der Waals surface area (Å²) in [7, 11) is -0.654. The molecule has 2 aromatic heterocycles. The van der Waals surface area contributed by atoms with E-state index in [1.165, 1.54) is 11.4 Å². The number of ether oxygens (including phenoxy) is 2. The van der Waals surface area contributed by atoms with E-state index in [4.69, 9.17) is 9.47 Å². The lowest BCUT2D eigenvalue weighted by atomic mass is 10.0. The normalized spacial score (nSPS) is 15.6. The standard InChI is InChI=1S/C27H34N4O5S/c1-19-16-24(35-5)20(2)21(3)27(19)37(33,34)29(4)14-15-36-18-25(32)31-13-12-30-11-7-9-23(30)26(31)22-8-6-10-28-17-22/h6-11,16-17,26H,12-15,18H2,1-5H3. The summed E-state index contributed by atoms with van der Waals surface area (Å²) in [4.78, 5) is 19.5. The molecule has 0 saturated carbocycles. The van der Waals surface area contributed by atoms with Gasteiger partial charge in [-0.25, -0.2) is 8.42 Å². The number of aryl methyl sites for hydroxylation is 1. The van der Waals surface area contributed by atoms with E-state index in [0.717, 1.165) is 16.8 Å². The van der Waals surface area contributed by atoms with E-state index in [1.807, 2.05) is 37.4 Å². The minimum absolute atomic E-state index is 0.0937. The summed E-state index contributed by atoms with van der Waals surface area (Å²) >= 11 is 0. The minimum Gasteiger partial charge on any atom is -0.496 e. The highest BCUT2D eigenvalue weighted by Gasteiger charge is 2.32. The maximum absolute atomic E-state index is 13.3. The predicted molar refractivity (Wildman–Crippen MR) is 140 cm³/mol. The molecule has 0 saturated heterocycles. The van der Waals surface area contributed by atoms with E-state index in [2.05, 4.69) is 9.55 Å². The molecule has 0 radical (unpaired) electrons. The molecule has 0 aliphatic carbocycles. The molecule has 3 heterocycles. The van der Waals surface area contributed by atoms with Crippen LogP contribution in [0.5, 0.6) is 5.75 Å². The monoisotopic (exact) mass is 526 g/mol. The molecule has 1 unspecified atom stereocenters. The highest BCUT2D eigenvalue weighted by Crippen LogP contribution is 2.33. The van der Waals surface area contributed by atoms with Gasteiger partial charge >= 0.3 is 0 Å². The number of amides is 1. The zero-order valence-electron chi connectivity index (χ0n) is 22.0. The van der Waals surface area contributed by atoms with Gasteiger partial charge in [0.25, 0.3) is 0 Å². The zero-order valence-corrected chi connectivity index (χ0v) is 22.8. The third-order valence-electron chi connectivity index (χ3n) is 7.00. The molecule has 1 atom stereocenters. The van der Waals surface area contributed by atoms with Crippen LogP contribution in [-0.2, 0) is 26.1 Å². The van der Waals surface area contributed by atoms with Crippen LogP contribution in [0, 0.1) is 20.8 Å². The Kier molecular flexibility index (Phi) is 8.01. The highest BCUT2D eigenvalue weighted by molar-refractivity contribution is 7.89. The van der Waals surface area contributed by atoms with Crippen molar-refractivity contribution in [1.29, 1.82) is 0 Å². The average molecular weight is 527 g/mol. The van der Waals surface area contributed by atoms with Gasteiger partial charge < -0.3 is 18.9 Å². The number of fused-ring (bicyclic) bond motifs is 1. The number of hydrogen-bond donors (Lipinski definition) is 0. The minimum atomic E-state index is -3.75. The molecule has 10 heteroatoms. The first-order chi connectivity index (χ1) is 17.7. The number of carbonyl (C=O) groups is 1. The van der Waals surface area contributed by atoms with Crippen molar-refractivity contribution in [3.8, 4) is 5.75 Å². The van der Waals surface area contributed by atoms with Crippen LogP contribution in [0.4, 0.5) is 0 Å². The molecule has 198 valence electrons. The Morgan fingerprint density at radius 3 is 2.65 bits per heavy atom. The average Bonchev–Trinajstić information content (AvgIpc) is 3.37. The van der Waals surface area contributed by atoms with Gasteiger partial charge in [0.2, 0.25) is 15.9 Å². The van der Waals surface area contributed by atoms with Gasteiger partial charge in [-0.1, -0.05) is 6.07 Å². The summed E-state index contributed by atoms with van der Waals surface area (Å²) in [5.41, 5.74) is 4.04. The fourth-order valence-corrected chi connectivity index (χ4v) is 6.51. The van der Waals surface area contributed by atoms with E-state index in [9.17, 15) is 13.2 Å². The van der Waals surface area contributed by atoms with Crippen molar-refractivity contribution >= 4 is 15.9 Å². The summed E-state index contributed by atoms with van der Waals surface area (Å²) in [6, 6.07) is 9.31. The first-order valence-corrected chi connectivity index (χ1v) is 13.6. The van der Waals surface area contributed by atoms with Gasteiger partial charge in [0.1, 0.15) is 12.4 Å². The summed E-state index contributed by atoms with van der Waals surface area (Å²) in [6.45, 7) is 6.72. The SMILES string of the molecule is COc1cc(C)c(S(=O)(=O)N(C)CCOCC(=O)N2CCn3cccc3C2c2cccnc2)c(C)c1C. The molecule has 4 rings (SSSR count). The van der Waals surface area contributed by atoms with Crippen molar-refractivity contribution in [2.75, 3.05) is 40.5 Å². The van der Waals surface area contributed by atoms with Crippen LogP contribution in [-0.4, -0.2) is 73.5 Å². The first kappa shape index (κ1) is 26.8. The molecule has 1 aliphatic rings. The van der Waals surface area contributed by atoms with Crippen LogP contribution in [0.25, 0.3) is 0 Å². The quantitative estimate of drug-likeness (QED) is 0.398. The number of nitrogens with zero attached hydrogens (tertiary/aromatic N) is 4. The van der Waals surface area contributed by atoms with E-state index < -0.39 is 10.0 Å². The molecule has 37 heavy (non-hydrogen) atoms. The van der Waals surface area contributed by atoms with Gasteiger partial charge in [-0.3, -0.25) is 9.78 Å². The fourth-order valence-electron chi connectivity index (χ4n) is 4.88. The second-order valence-electron chi connectivity index (χ2n) is 9.26. The maximum Gasteiger partial charge on any atom is 0.249 e. The largest absolute Gasteiger partial charge is 0.496 e. The third kappa shape index (κ3) is 5.27. The first-order valence-electron chi connectivity index (χ1n) is 12.2. The number of hydrogen-bond acceptors (Lipinski definition) is 6. The molecule has 1 aromatic carbocycles. The van der Waals surface area contributed by atoms with Gasteiger partial charge in [-0.2, -0.15) is 4.31 Å². The number of methoxy groups -OCH3 is 1. The molecular weight excluding hydrogens is 492 g/mol. The van der Waals surface area contributed by atoms with E-state index in [-0.39, 0.29) is 36.6 Å². The van der Waals surface area contributed by atoms with Gasteiger partial charge in [0.15, 0.2) is 0 Å². The zero-order chi connectivity index (χ0) is 26.7. The van der Waals surface area contributed by atoms with E-state index in [0.29, 0.717) is 30.0 Å². The lowest BCUT2D eigenvalue weighted by Gasteiger charge is -2.37.